The van der Waals surface area contributed by atoms with E-state index in [0.29, 0.717) is 25.4 Å². The van der Waals surface area contributed by atoms with Gasteiger partial charge in [0.2, 0.25) is 5.01 Å². The Morgan fingerprint density at radius 1 is 1.47 bits per heavy atom. The molecule has 0 atom stereocenters. The molecule has 19 heavy (non-hydrogen) atoms. The van der Waals surface area contributed by atoms with Gasteiger partial charge in [-0.15, -0.1) is 0 Å². The van der Waals surface area contributed by atoms with Crippen LogP contribution >= 0.6 is 0 Å². The van der Waals surface area contributed by atoms with Crippen LogP contribution in [0, 0.1) is 6.07 Å². The van der Waals surface area contributed by atoms with Gasteiger partial charge in [-0.25, -0.2) is 4.79 Å². The third-order valence-electron chi connectivity index (χ3n) is 2.71. The normalized spacial score (nSPS) is 13.5. The highest BCUT2D eigenvalue weighted by Gasteiger charge is 2.18. The molecule has 100 valence electrons. The Bertz CT molecular complexity index is 507. The second-order valence-electron chi connectivity index (χ2n) is 3.95. The number of urea groups is 1. The molecule has 0 aromatic heterocycles. The van der Waals surface area contributed by atoms with Gasteiger partial charge >= 0.3 is 12.1 Å². The van der Waals surface area contributed by atoms with Crippen molar-refractivity contribution in [2.45, 2.75) is 0 Å². The first-order chi connectivity index (χ1) is 9.31. The van der Waals surface area contributed by atoms with Crippen molar-refractivity contribution >= 4 is 6.03 Å². The molecule has 1 fully saturated rings. The molecule has 0 bridgehead atoms. The lowest BCUT2D eigenvalue weighted by molar-refractivity contribution is 0.202. The van der Waals surface area contributed by atoms with Crippen molar-refractivity contribution in [3.05, 3.63) is 34.8 Å². The Morgan fingerprint density at radius 3 is 3.05 bits per heavy atom. The molecule has 2 amide bonds. The van der Waals surface area contributed by atoms with E-state index in [0.717, 1.165) is 12.1 Å². The van der Waals surface area contributed by atoms with Crippen molar-refractivity contribution in [2.24, 2.45) is 0 Å². The third-order valence-corrected chi connectivity index (χ3v) is 2.71. The fraction of sp³-hybridized carbons (Fsp3) is 0.385. The number of hydrogen-bond acceptors (Lipinski definition) is 3. The van der Waals surface area contributed by atoms with Gasteiger partial charge in [0.1, 0.15) is 17.9 Å². The summed E-state index contributed by atoms with van der Waals surface area (Å²) in [4.78, 5) is 17.7. The van der Waals surface area contributed by atoms with E-state index in [1.54, 1.807) is 4.90 Å². The SMILES string of the molecule is CO[N+]#Cc1ccccc1OCCN1CCNC1=O. The van der Waals surface area contributed by atoms with Crippen molar-refractivity contribution in [3.8, 4) is 11.8 Å². The van der Waals surface area contributed by atoms with Gasteiger partial charge in [0.05, 0.1) is 6.54 Å². The highest BCUT2D eigenvalue weighted by atomic mass is 16.6. The maximum absolute atomic E-state index is 11.3. The zero-order valence-electron chi connectivity index (χ0n) is 10.8. The summed E-state index contributed by atoms with van der Waals surface area (Å²) >= 11 is 0. The average Bonchev–Trinajstić information content (AvgIpc) is 2.83. The number of rotatable bonds is 4. The summed E-state index contributed by atoms with van der Waals surface area (Å²) in [6.45, 7) is 2.41. The van der Waals surface area contributed by atoms with E-state index < -0.39 is 0 Å². The van der Waals surface area contributed by atoms with Gasteiger partial charge in [0, 0.05) is 13.1 Å². The number of ether oxygens (including phenoxy) is 1. The Labute approximate surface area is 111 Å². The van der Waals surface area contributed by atoms with Gasteiger partial charge < -0.3 is 15.0 Å². The summed E-state index contributed by atoms with van der Waals surface area (Å²) in [5, 5.41) is 6.34. The molecule has 0 radical (unpaired) electrons. The van der Waals surface area contributed by atoms with E-state index in [-0.39, 0.29) is 6.03 Å². The maximum Gasteiger partial charge on any atom is 0.392 e. The standard InChI is InChI=1S/C13H15N3O3/c1-18-15-10-11-4-2-3-5-12(11)19-9-8-16-7-6-14-13(16)17/h2-5H,6-9H2,1H3/p+1. The van der Waals surface area contributed by atoms with Gasteiger partial charge in [0.25, 0.3) is 0 Å². The summed E-state index contributed by atoms with van der Waals surface area (Å²) in [6.07, 6.45) is 0. The van der Waals surface area contributed by atoms with Gasteiger partial charge in [0.15, 0.2) is 7.11 Å². The molecular weight excluding hydrogens is 246 g/mol. The largest absolute Gasteiger partial charge is 0.490 e. The van der Waals surface area contributed by atoms with Crippen LogP contribution in [0.1, 0.15) is 5.56 Å². The molecule has 0 unspecified atom stereocenters. The van der Waals surface area contributed by atoms with Crippen LogP contribution in [-0.2, 0) is 4.84 Å². The number of nitrogens with one attached hydrogen (secondary N) is 1. The fourth-order valence-corrected chi connectivity index (χ4v) is 1.77. The Kier molecular flexibility index (Phi) is 4.45. The first kappa shape index (κ1) is 13.0. The number of nitrogens with zero attached hydrogens (tertiary/aromatic N) is 2. The summed E-state index contributed by atoms with van der Waals surface area (Å²) in [7, 11) is 1.46. The van der Waals surface area contributed by atoms with Crippen molar-refractivity contribution in [2.75, 3.05) is 33.4 Å². The van der Waals surface area contributed by atoms with Crippen LogP contribution in [0.15, 0.2) is 24.3 Å². The van der Waals surface area contributed by atoms with Crippen LogP contribution in [0.25, 0.3) is 5.01 Å². The van der Waals surface area contributed by atoms with Crippen molar-refractivity contribution < 1.29 is 14.4 Å². The Balaban J connectivity index is 1.90. The number of carbonyl (C=O) groups excluding carboxylic acids is 1. The zero-order chi connectivity index (χ0) is 13.5. The van der Waals surface area contributed by atoms with Crippen LogP contribution in [0.3, 0.4) is 0 Å². The molecular formula is C13H16N3O3+. The number of hydrogen-bond donors (Lipinski definition) is 1. The molecule has 1 N–H and O–H groups in total. The summed E-state index contributed by atoms with van der Waals surface area (Å²) in [6, 6.07) is 10.1. The summed E-state index contributed by atoms with van der Waals surface area (Å²) in [5.74, 6) is 0.669. The van der Waals surface area contributed by atoms with E-state index in [1.165, 1.54) is 7.11 Å². The summed E-state index contributed by atoms with van der Waals surface area (Å²) < 4.78 is 5.64. The maximum atomic E-state index is 11.3. The molecule has 1 aromatic rings. The van der Waals surface area contributed by atoms with Crippen molar-refractivity contribution in [1.29, 1.82) is 0 Å². The molecule has 6 nitrogen and oxygen atoms in total. The molecule has 2 rings (SSSR count). The van der Waals surface area contributed by atoms with Gasteiger partial charge in [-0.05, 0) is 12.1 Å². The lowest BCUT2D eigenvalue weighted by atomic mass is 10.2. The molecule has 1 aliphatic heterocycles. The first-order valence-corrected chi connectivity index (χ1v) is 6.05. The minimum Gasteiger partial charge on any atom is -0.490 e. The van der Waals surface area contributed by atoms with Crippen LogP contribution in [0.4, 0.5) is 4.79 Å². The van der Waals surface area contributed by atoms with Gasteiger partial charge in [-0.2, -0.15) is 4.84 Å². The summed E-state index contributed by atoms with van der Waals surface area (Å²) in [5.41, 5.74) is 0.718. The van der Waals surface area contributed by atoms with E-state index in [4.69, 9.17) is 4.74 Å². The van der Waals surface area contributed by atoms with E-state index in [1.807, 2.05) is 24.3 Å². The molecule has 1 heterocycles. The molecule has 1 aromatic carbocycles. The zero-order valence-corrected chi connectivity index (χ0v) is 10.8. The average molecular weight is 262 g/mol. The first-order valence-electron chi connectivity index (χ1n) is 6.05. The number of carbonyl (C=O) groups is 1. The molecule has 1 aliphatic rings. The predicted octanol–water partition coefficient (Wildman–Crippen LogP) is 1.33. The number of para-hydroxylation sites is 1. The van der Waals surface area contributed by atoms with E-state index in [2.05, 4.69) is 21.2 Å². The van der Waals surface area contributed by atoms with Gasteiger partial charge in [-0.1, -0.05) is 12.1 Å². The highest BCUT2D eigenvalue weighted by molar-refractivity contribution is 5.76. The van der Waals surface area contributed by atoms with Crippen LogP contribution in [0.2, 0.25) is 0 Å². The second kappa shape index (κ2) is 6.50. The molecule has 1 saturated heterocycles. The number of amides is 2. The topological polar surface area (TPSA) is 55.2 Å². The molecule has 6 heteroatoms. The van der Waals surface area contributed by atoms with E-state index in [9.17, 15) is 4.79 Å². The van der Waals surface area contributed by atoms with Crippen molar-refractivity contribution in [3.63, 3.8) is 0 Å². The minimum absolute atomic E-state index is 0.0376. The van der Waals surface area contributed by atoms with Gasteiger partial charge in [-0.3, -0.25) is 0 Å². The van der Waals surface area contributed by atoms with E-state index >= 15 is 0 Å². The lowest BCUT2D eigenvalue weighted by Gasteiger charge is -2.14. The third kappa shape index (κ3) is 3.52. The van der Waals surface area contributed by atoms with Crippen LogP contribution < -0.4 is 10.1 Å². The molecule has 0 aliphatic carbocycles. The van der Waals surface area contributed by atoms with Crippen LogP contribution in [-0.4, -0.2) is 44.3 Å². The smallest absolute Gasteiger partial charge is 0.392 e. The quantitative estimate of drug-likeness (QED) is 0.833. The Hall–Kier alpha value is -2.42. The van der Waals surface area contributed by atoms with Crippen molar-refractivity contribution in [1.82, 2.24) is 10.2 Å². The minimum atomic E-state index is -0.0376. The number of benzene rings is 1. The molecule has 0 spiro atoms. The predicted molar refractivity (Wildman–Crippen MR) is 70.3 cm³/mol. The molecule has 0 saturated carbocycles. The highest BCUT2D eigenvalue weighted by Crippen LogP contribution is 2.16. The monoisotopic (exact) mass is 262 g/mol. The lowest BCUT2D eigenvalue weighted by Crippen LogP contribution is -2.31. The van der Waals surface area contributed by atoms with Crippen LogP contribution in [0.5, 0.6) is 5.75 Å². The Morgan fingerprint density at radius 2 is 2.32 bits per heavy atom. The second-order valence-corrected chi connectivity index (χ2v) is 3.95. The fourth-order valence-electron chi connectivity index (χ4n) is 1.77.